The van der Waals surface area contributed by atoms with Gasteiger partial charge >= 0.3 is 0 Å². The second kappa shape index (κ2) is 4.95. The molecule has 1 aromatic carbocycles. The van der Waals surface area contributed by atoms with Gasteiger partial charge in [-0.15, -0.1) is 0 Å². The fraction of sp³-hybridized carbons (Fsp3) is 0.571. The van der Waals surface area contributed by atoms with Crippen molar-refractivity contribution in [1.82, 2.24) is 5.32 Å². The minimum Gasteiger partial charge on any atom is -0.314 e. The molecule has 0 bridgehead atoms. The van der Waals surface area contributed by atoms with Crippen molar-refractivity contribution in [3.63, 3.8) is 0 Å². The van der Waals surface area contributed by atoms with Crippen molar-refractivity contribution in [2.24, 2.45) is 5.41 Å². The van der Waals surface area contributed by atoms with Crippen LogP contribution in [0.2, 0.25) is 5.02 Å². The summed E-state index contributed by atoms with van der Waals surface area (Å²) in [6, 6.07) is 5.35. The lowest BCUT2D eigenvalue weighted by molar-refractivity contribution is 0.351. The molecule has 0 heterocycles. The Hall–Kier alpha value is -0.600. The topological polar surface area (TPSA) is 12.0 Å². The molecule has 1 saturated carbocycles. The number of hydrogen-bond acceptors (Lipinski definition) is 1. The van der Waals surface area contributed by atoms with E-state index >= 15 is 0 Å². The second-order valence-corrected chi connectivity index (χ2v) is 5.43. The molecule has 3 heteroatoms. The van der Waals surface area contributed by atoms with Gasteiger partial charge in [0.15, 0.2) is 0 Å². The third-order valence-corrected chi connectivity index (χ3v) is 4.27. The minimum atomic E-state index is -0.174. The number of halogens is 2. The van der Waals surface area contributed by atoms with E-state index in [4.69, 9.17) is 11.6 Å². The monoisotopic (exact) mass is 255 g/mol. The second-order valence-electron chi connectivity index (χ2n) is 5.02. The molecule has 0 aromatic heterocycles. The molecule has 0 radical (unpaired) electrons. The van der Waals surface area contributed by atoms with Gasteiger partial charge in [0.25, 0.3) is 0 Å². The van der Waals surface area contributed by atoms with E-state index in [0.29, 0.717) is 16.6 Å². The van der Waals surface area contributed by atoms with Gasteiger partial charge in [-0.2, -0.15) is 0 Å². The van der Waals surface area contributed by atoms with Crippen LogP contribution in [0, 0.1) is 11.2 Å². The molecule has 0 spiro atoms. The van der Waals surface area contributed by atoms with Crippen LogP contribution in [-0.2, 0) is 6.42 Å². The summed E-state index contributed by atoms with van der Waals surface area (Å²) in [5.41, 5.74) is 0.887. The molecule has 1 atom stereocenters. The van der Waals surface area contributed by atoms with Gasteiger partial charge in [-0.1, -0.05) is 24.6 Å². The van der Waals surface area contributed by atoms with Crippen LogP contribution in [0.15, 0.2) is 18.2 Å². The molecule has 2 rings (SSSR count). The van der Waals surface area contributed by atoms with Gasteiger partial charge < -0.3 is 5.32 Å². The lowest BCUT2D eigenvalue weighted by atomic mass is 9.89. The lowest BCUT2D eigenvalue weighted by Crippen LogP contribution is -2.36. The van der Waals surface area contributed by atoms with Crippen molar-refractivity contribution in [3.05, 3.63) is 34.6 Å². The predicted molar refractivity (Wildman–Crippen MR) is 69.9 cm³/mol. The highest BCUT2D eigenvalue weighted by Crippen LogP contribution is 2.52. The van der Waals surface area contributed by atoms with Crippen molar-refractivity contribution in [2.45, 2.75) is 39.2 Å². The van der Waals surface area contributed by atoms with Gasteiger partial charge in [0.05, 0.1) is 0 Å². The summed E-state index contributed by atoms with van der Waals surface area (Å²) >= 11 is 6.08. The largest absolute Gasteiger partial charge is 0.314 e. The number of nitrogens with one attached hydrogen (secondary N) is 1. The molecular weight excluding hydrogens is 237 g/mol. The summed E-state index contributed by atoms with van der Waals surface area (Å²) in [5.74, 6) is -0.174. The quantitative estimate of drug-likeness (QED) is 0.844. The zero-order valence-corrected chi connectivity index (χ0v) is 11.1. The van der Waals surface area contributed by atoms with Crippen LogP contribution in [-0.4, -0.2) is 12.6 Å². The molecule has 0 aliphatic heterocycles. The molecule has 1 unspecified atom stereocenters. The fourth-order valence-corrected chi connectivity index (χ4v) is 2.73. The molecule has 94 valence electrons. The van der Waals surface area contributed by atoms with Gasteiger partial charge in [0.2, 0.25) is 0 Å². The highest BCUT2D eigenvalue weighted by Gasteiger charge is 2.47. The molecule has 0 amide bonds. The number of rotatable bonds is 5. The van der Waals surface area contributed by atoms with Crippen molar-refractivity contribution in [3.8, 4) is 0 Å². The average molecular weight is 256 g/mol. The summed E-state index contributed by atoms with van der Waals surface area (Å²) in [5, 5.41) is 4.00. The molecule has 17 heavy (non-hydrogen) atoms. The van der Waals surface area contributed by atoms with Gasteiger partial charge in [-0.05, 0) is 50.3 Å². The molecule has 1 aromatic rings. The summed E-state index contributed by atoms with van der Waals surface area (Å²) in [7, 11) is 0. The van der Waals surface area contributed by atoms with Crippen LogP contribution in [0.3, 0.4) is 0 Å². The molecule has 0 saturated heterocycles. The SMILES string of the molecule is CCNC(C)C1(Cc2c(F)cccc2Cl)CC1. The first kappa shape index (κ1) is 12.8. The average Bonchev–Trinajstić information content (AvgIpc) is 3.05. The Balaban J connectivity index is 2.15. The fourth-order valence-electron chi connectivity index (χ4n) is 2.50. The van der Waals surface area contributed by atoms with E-state index < -0.39 is 0 Å². The smallest absolute Gasteiger partial charge is 0.127 e. The zero-order valence-electron chi connectivity index (χ0n) is 10.4. The molecule has 1 fully saturated rings. The first-order valence-corrected chi connectivity index (χ1v) is 6.63. The van der Waals surface area contributed by atoms with Crippen molar-refractivity contribution >= 4 is 11.6 Å². The number of benzene rings is 1. The van der Waals surface area contributed by atoms with Crippen molar-refractivity contribution in [1.29, 1.82) is 0 Å². The lowest BCUT2D eigenvalue weighted by Gasteiger charge is -2.24. The van der Waals surface area contributed by atoms with E-state index in [1.807, 2.05) is 0 Å². The Morgan fingerprint density at radius 1 is 1.47 bits per heavy atom. The van der Waals surface area contributed by atoms with Gasteiger partial charge in [0.1, 0.15) is 5.82 Å². The van der Waals surface area contributed by atoms with E-state index in [9.17, 15) is 4.39 Å². The van der Waals surface area contributed by atoms with Crippen molar-refractivity contribution in [2.75, 3.05) is 6.54 Å². The Morgan fingerprint density at radius 3 is 2.71 bits per heavy atom. The van der Waals surface area contributed by atoms with Crippen LogP contribution in [0.25, 0.3) is 0 Å². The summed E-state index contributed by atoms with van der Waals surface area (Å²) < 4.78 is 13.8. The molecule has 1 aliphatic carbocycles. The first-order chi connectivity index (χ1) is 8.09. The Labute approximate surface area is 107 Å². The molecular formula is C14H19ClFN. The van der Waals surface area contributed by atoms with Crippen LogP contribution < -0.4 is 5.32 Å². The highest BCUT2D eigenvalue weighted by molar-refractivity contribution is 6.31. The van der Waals surface area contributed by atoms with Crippen LogP contribution >= 0.6 is 11.6 Å². The third-order valence-electron chi connectivity index (χ3n) is 3.91. The third kappa shape index (κ3) is 2.63. The zero-order chi connectivity index (χ0) is 12.5. The first-order valence-electron chi connectivity index (χ1n) is 6.25. The van der Waals surface area contributed by atoms with E-state index in [1.54, 1.807) is 12.1 Å². The maximum Gasteiger partial charge on any atom is 0.127 e. The van der Waals surface area contributed by atoms with Gasteiger partial charge in [-0.3, -0.25) is 0 Å². The van der Waals surface area contributed by atoms with Crippen LogP contribution in [0.1, 0.15) is 32.3 Å². The Morgan fingerprint density at radius 2 is 2.18 bits per heavy atom. The predicted octanol–water partition coefficient (Wildman–Crippen LogP) is 3.80. The summed E-state index contributed by atoms with van der Waals surface area (Å²) in [4.78, 5) is 0. The minimum absolute atomic E-state index is 0.174. The molecule has 1 aliphatic rings. The maximum atomic E-state index is 13.8. The van der Waals surface area contributed by atoms with Gasteiger partial charge in [0, 0.05) is 16.6 Å². The Bertz CT molecular complexity index is 381. The van der Waals surface area contributed by atoms with Crippen molar-refractivity contribution < 1.29 is 4.39 Å². The van der Waals surface area contributed by atoms with Crippen LogP contribution in [0.4, 0.5) is 4.39 Å². The molecule has 1 nitrogen and oxygen atoms in total. The normalized spacial score (nSPS) is 19.1. The molecule has 1 N–H and O–H groups in total. The van der Waals surface area contributed by atoms with E-state index in [-0.39, 0.29) is 11.2 Å². The highest BCUT2D eigenvalue weighted by atomic mass is 35.5. The van der Waals surface area contributed by atoms with Crippen LogP contribution in [0.5, 0.6) is 0 Å². The van der Waals surface area contributed by atoms with E-state index in [0.717, 1.165) is 25.8 Å². The number of hydrogen-bond donors (Lipinski definition) is 1. The summed E-state index contributed by atoms with van der Waals surface area (Å²) in [6.45, 7) is 5.24. The van der Waals surface area contributed by atoms with E-state index in [1.165, 1.54) is 6.07 Å². The maximum absolute atomic E-state index is 13.8. The van der Waals surface area contributed by atoms with Gasteiger partial charge in [-0.25, -0.2) is 4.39 Å². The standard InChI is InChI=1S/C14H19ClFN/c1-3-17-10(2)14(7-8-14)9-11-12(15)5-4-6-13(11)16/h4-6,10,17H,3,7-9H2,1-2H3. The Kier molecular flexibility index (Phi) is 3.74. The summed E-state index contributed by atoms with van der Waals surface area (Å²) in [6.07, 6.45) is 3.06. The van der Waals surface area contributed by atoms with E-state index in [2.05, 4.69) is 19.2 Å².